The van der Waals surface area contributed by atoms with Crippen molar-refractivity contribution >= 4 is 21.4 Å². The number of pyridine rings is 1. The van der Waals surface area contributed by atoms with Crippen LogP contribution in [0.3, 0.4) is 0 Å². The highest BCUT2D eigenvalue weighted by molar-refractivity contribution is 7.90. The van der Waals surface area contributed by atoms with Gasteiger partial charge in [0, 0.05) is 38.8 Å². The number of anilines is 1. The SMILES string of the molecule is CNc1ccnc(C(=O)N(C)CCS(C)(=O)=O)c1. The highest BCUT2D eigenvalue weighted by atomic mass is 32.2. The fourth-order valence-electron chi connectivity index (χ4n) is 1.30. The monoisotopic (exact) mass is 271 g/mol. The average molecular weight is 271 g/mol. The third-order valence-corrected chi connectivity index (χ3v) is 3.34. The molecule has 1 aromatic heterocycles. The lowest BCUT2D eigenvalue weighted by Gasteiger charge is -2.16. The van der Waals surface area contributed by atoms with E-state index >= 15 is 0 Å². The Kier molecular flexibility index (Phi) is 4.66. The minimum Gasteiger partial charge on any atom is -0.388 e. The van der Waals surface area contributed by atoms with Crippen molar-refractivity contribution < 1.29 is 13.2 Å². The van der Waals surface area contributed by atoms with Crippen LogP contribution in [0.25, 0.3) is 0 Å². The van der Waals surface area contributed by atoms with Crippen molar-refractivity contribution in [1.29, 1.82) is 0 Å². The van der Waals surface area contributed by atoms with Gasteiger partial charge in [0.2, 0.25) is 0 Å². The molecule has 100 valence electrons. The number of hydrogen-bond donors (Lipinski definition) is 1. The predicted octanol–water partition coefficient (Wildman–Crippen LogP) is 0.240. The van der Waals surface area contributed by atoms with Crippen molar-refractivity contribution in [1.82, 2.24) is 9.88 Å². The minimum atomic E-state index is -3.07. The fraction of sp³-hybridized carbons (Fsp3) is 0.455. The van der Waals surface area contributed by atoms with Crippen molar-refractivity contribution in [3.63, 3.8) is 0 Å². The first kappa shape index (κ1) is 14.4. The quantitative estimate of drug-likeness (QED) is 0.830. The molecule has 0 aliphatic carbocycles. The zero-order valence-corrected chi connectivity index (χ0v) is 11.5. The highest BCUT2D eigenvalue weighted by Gasteiger charge is 2.15. The molecular weight excluding hydrogens is 254 g/mol. The second kappa shape index (κ2) is 5.81. The Balaban J connectivity index is 2.74. The second-order valence-electron chi connectivity index (χ2n) is 4.04. The lowest BCUT2D eigenvalue weighted by atomic mass is 10.3. The molecule has 0 saturated carbocycles. The third kappa shape index (κ3) is 4.33. The maximum absolute atomic E-state index is 12.0. The van der Waals surface area contributed by atoms with Gasteiger partial charge in [-0.1, -0.05) is 0 Å². The van der Waals surface area contributed by atoms with Crippen LogP contribution in [0.4, 0.5) is 5.69 Å². The molecule has 0 unspecified atom stereocenters. The van der Waals surface area contributed by atoms with Gasteiger partial charge in [-0.05, 0) is 12.1 Å². The Morgan fingerprint density at radius 3 is 2.72 bits per heavy atom. The molecule has 1 N–H and O–H groups in total. The van der Waals surface area contributed by atoms with Gasteiger partial charge in [0.25, 0.3) is 5.91 Å². The number of aromatic nitrogens is 1. The molecule has 1 heterocycles. The van der Waals surface area contributed by atoms with Gasteiger partial charge in [0.05, 0.1) is 5.75 Å². The topological polar surface area (TPSA) is 79.4 Å². The Morgan fingerprint density at radius 2 is 2.17 bits per heavy atom. The third-order valence-electron chi connectivity index (χ3n) is 2.41. The van der Waals surface area contributed by atoms with Gasteiger partial charge >= 0.3 is 0 Å². The predicted molar refractivity (Wildman–Crippen MR) is 70.5 cm³/mol. The van der Waals surface area contributed by atoms with E-state index in [9.17, 15) is 13.2 Å². The van der Waals surface area contributed by atoms with Crippen LogP contribution in [-0.4, -0.2) is 56.9 Å². The minimum absolute atomic E-state index is 0.0546. The van der Waals surface area contributed by atoms with Gasteiger partial charge in [0.15, 0.2) is 0 Å². The van der Waals surface area contributed by atoms with E-state index in [-0.39, 0.29) is 23.9 Å². The molecule has 0 aliphatic heterocycles. The molecule has 0 radical (unpaired) electrons. The molecule has 1 amide bonds. The van der Waals surface area contributed by atoms with Crippen LogP contribution in [0, 0.1) is 0 Å². The number of amides is 1. The molecule has 0 spiro atoms. The molecule has 0 aliphatic rings. The van der Waals surface area contributed by atoms with Crippen LogP contribution in [-0.2, 0) is 9.84 Å². The Labute approximate surface area is 107 Å². The first-order chi connectivity index (χ1) is 8.33. The zero-order valence-electron chi connectivity index (χ0n) is 10.7. The maximum atomic E-state index is 12.0. The Bertz CT molecular complexity index is 528. The van der Waals surface area contributed by atoms with Crippen LogP contribution >= 0.6 is 0 Å². The first-order valence-corrected chi connectivity index (χ1v) is 7.46. The van der Waals surface area contributed by atoms with E-state index in [2.05, 4.69) is 10.3 Å². The number of nitrogens with one attached hydrogen (secondary N) is 1. The van der Waals surface area contributed by atoms with Gasteiger partial charge in [-0.3, -0.25) is 9.78 Å². The van der Waals surface area contributed by atoms with Crippen molar-refractivity contribution in [3.8, 4) is 0 Å². The van der Waals surface area contributed by atoms with E-state index in [0.717, 1.165) is 11.9 Å². The zero-order chi connectivity index (χ0) is 13.8. The average Bonchev–Trinajstić information content (AvgIpc) is 2.34. The number of carbonyl (C=O) groups excluding carboxylic acids is 1. The van der Waals surface area contributed by atoms with Crippen molar-refractivity contribution in [2.75, 3.05) is 38.0 Å². The molecule has 0 bridgehead atoms. The molecule has 0 aromatic carbocycles. The number of hydrogen-bond acceptors (Lipinski definition) is 5. The molecule has 1 aromatic rings. The molecule has 1 rings (SSSR count). The van der Waals surface area contributed by atoms with E-state index in [1.54, 1.807) is 26.2 Å². The lowest BCUT2D eigenvalue weighted by Crippen LogP contribution is -2.32. The van der Waals surface area contributed by atoms with E-state index in [1.807, 2.05) is 0 Å². The summed E-state index contributed by atoms with van der Waals surface area (Å²) < 4.78 is 22.1. The molecule has 7 heteroatoms. The summed E-state index contributed by atoms with van der Waals surface area (Å²) in [6.07, 6.45) is 2.68. The number of rotatable bonds is 5. The van der Waals surface area contributed by atoms with Gasteiger partial charge < -0.3 is 10.2 Å². The normalized spacial score (nSPS) is 11.1. The summed E-state index contributed by atoms with van der Waals surface area (Å²) in [5.41, 5.74) is 1.07. The maximum Gasteiger partial charge on any atom is 0.272 e. The van der Waals surface area contributed by atoms with Gasteiger partial charge in [0.1, 0.15) is 15.5 Å². The second-order valence-corrected chi connectivity index (χ2v) is 6.30. The smallest absolute Gasteiger partial charge is 0.272 e. The van der Waals surface area contributed by atoms with Crippen LogP contribution in [0.15, 0.2) is 18.3 Å². The van der Waals surface area contributed by atoms with Crippen LogP contribution in [0.5, 0.6) is 0 Å². The standard InChI is InChI=1S/C11H17N3O3S/c1-12-9-4-5-13-10(8-9)11(15)14(2)6-7-18(3,16)17/h4-5,8H,6-7H2,1-3H3,(H,12,13). The Morgan fingerprint density at radius 1 is 1.50 bits per heavy atom. The summed E-state index contributed by atoms with van der Waals surface area (Å²) in [5, 5.41) is 2.91. The molecule has 0 fully saturated rings. The molecule has 18 heavy (non-hydrogen) atoms. The van der Waals surface area contributed by atoms with Gasteiger partial charge in [-0.2, -0.15) is 0 Å². The Hall–Kier alpha value is -1.63. The van der Waals surface area contributed by atoms with Gasteiger partial charge in [-0.25, -0.2) is 8.42 Å². The number of sulfone groups is 1. The number of nitrogens with zero attached hydrogens (tertiary/aromatic N) is 2. The van der Waals surface area contributed by atoms with Crippen LogP contribution in [0.2, 0.25) is 0 Å². The lowest BCUT2D eigenvalue weighted by molar-refractivity contribution is 0.0798. The summed E-state index contributed by atoms with van der Waals surface area (Å²) in [6.45, 7) is 0.156. The summed E-state index contributed by atoms with van der Waals surface area (Å²) in [7, 11) is 0.229. The van der Waals surface area contributed by atoms with E-state index in [0.29, 0.717) is 0 Å². The molecule has 6 nitrogen and oxygen atoms in total. The number of carbonyl (C=O) groups is 1. The van der Waals surface area contributed by atoms with Crippen molar-refractivity contribution in [2.24, 2.45) is 0 Å². The van der Waals surface area contributed by atoms with E-state index in [4.69, 9.17) is 0 Å². The van der Waals surface area contributed by atoms with Crippen molar-refractivity contribution in [2.45, 2.75) is 0 Å². The van der Waals surface area contributed by atoms with Crippen molar-refractivity contribution in [3.05, 3.63) is 24.0 Å². The van der Waals surface area contributed by atoms with Crippen LogP contribution in [0.1, 0.15) is 10.5 Å². The summed E-state index contributed by atoms with van der Waals surface area (Å²) in [5.74, 6) is -0.350. The summed E-state index contributed by atoms with van der Waals surface area (Å²) >= 11 is 0. The molecule has 0 atom stereocenters. The first-order valence-electron chi connectivity index (χ1n) is 5.40. The summed E-state index contributed by atoms with van der Waals surface area (Å²) in [4.78, 5) is 17.3. The van der Waals surface area contributed by atoms with Gasteiger partial charge in [-0.15, -0.1) is 0 Å². The molecule has 0 saturated heterocycles. The molecular formula is C11H17N3O3S. The summed E-state index contributed by atoms with van der Waals surface area (Å²) in [6, 6.07) is 3.37. The largest absolute Gasteiger partial charge is 0.388 e. The van der Waals surface area contributed by atoms with E-state index in [1.165, 1.54) is 11.1 Å². The fourth-order valence-corrected chi connectivity index (χ4v) is 1.91. The van der Waals surface area contributed by atoms with Crippen LogP contribution < -0.4 is 5.32 Å². The van der Waals surface area contributed by atoms with E-state index < -0.39 is 9.84 Å². The highest BCUT2D eigenvalue weighted by Crippen LogP contribution is 2.08.